The maximum Gasteiger partial charge on any atom is 0.251 e. The summed E-state index contributed by atoms with van der Waals surface area (Å²) < 4.78 is 44.3. The molecule has 9 heavy (non-hydrogen) atoms. The molecule has 0 radical (unpaired) electrons. The van der Waals surface area contributed by atoms with Gasteiger partial charge in [-0.15, -0.1) is 0 Å². The normalized spacial score (nSPS) is 12.4. The molecule has 0 saturated carbocycles. The van der Waals surface area contributed by atoms with Crippen LogP contribution >= 0.6 is 0 Å². The van der Waals surface area contributed by atoms with Gasteiger partial charge in [0, 0.05) is 0 Å². The van der Waals surface area contributed by atoms with Gasteiger partial charge in [-0.1, -0.05) is 0 Å². The summed E-state index contributed by atoms with van der Waals surface area (Å²) in [6.07, 6.45) is -1.80. The molecule has 0 aliphatic carbocycles. The second-order valence-corrected chi connectivity index (χ2v) is 3.34. The van der Waals surface area contributed by atoms with E-state index in [-0.39, 0.29) is 0 Å². The van der Waals surface area contributed by atoms with E-state index in [0.717, 1.165) is 6.26 Å². The molecule has 1 N–H and O–H groups in total. The quantitative estimate of drug-likeness (QED) is 0.620. The molecule has 0 saturated heterocycles. The van der Waals surface area contributed by atoms with Gasteiger partial charge >= 0.3 is 0 Å². The number of alkyl halides is 2. The van der Waals surface area contributed by atoms with Crippen molar-refractivity contribution in [3.05, 3.63) is 0 Å². The Morgan fingerprint density at radius 3 is 2.11 bits per heavy atom. The van der Waals surface area contributed by atoms with Gasteiger partial charge in [-0.05, 0) is 0 Å². The Morgan fingerprint density at radius 1 is 1.56 bits per heavy atom. The highest BCUT2D eigenvalue weighted by molar-refractivity contribution is 7.88. The minimum Gasteiger partial charge on any atom is -0.213 e. The zero-order valence-corrected chi connectivity index (χ0v) is 5.58. The lowest BCUT2D eigenvalue weighted by atomic mass is 10.7. The van der Waals surface area contributed by atoms with Crippen LogP contribution < -0.4 is 4.72 Å². The van der Waals surface area contributed by atoms with Crippen LogP contribution in [0.4, 0.5) is 8.78 Å². The SMILES string of the molecule is CS(=O)(=O)NCC(F)F. The van der Waals surface area contributed by atoms with E-state index in [1.54, 1.807) is 4.72 Å². The number of nitrogens with one attached hydrogen (secondary N) is 1. The second-order valence-electron chi connectivity index (χ2n) is 1.51. The summed E-state index contributed by atoms with van der Waals surface area (Å²) in [6.45, 7) is -0.807. The molecule has 0 aromatic rings. The van der Waals surface area contributed by atoms with Gasteiger partial charge < -0.3 is 0 Å². The lowest BCUT2D eigenvalue weighted by molar-refractivity contribution is 0.153. The molecule has 0 bridgehead atoms. The van der Waals surface area contributed by atoms with E-state index < -0.39 is 23.0 Å². The molecule has 6 heteroatoms. The average molecular weight is 159 g/mol. The maximum atomic E-state index is 11.2. The average Bonchev–Trinajstić information content (AvgIpc) is 1.59. The summed E-state index contributed by atoms with van der Waals surface area (Å²) in [5.41, 5.74) is 0. The van der Waals surface area contributed by atoms with Gasteiger partial charge in [-0.25, -0.2) is 21.9 Å². The molecule has 0 rings (SSSR count). The van der Waals surface area contributed by atoms with E-state index in [9.17, 15) is 17.2 Å². The Kier molecular flexibility index (Phi) is 2.99. The van der Waals surface area contributed by atoms with Crippen LogP contribution in [0.5, 0.6) is 0 Å². The standard InChI is InChI=1S/C3H7F2NO2S/c1-9(7,8)6-2-3(4)5/h3,6H,2H2,1H3. The highest BCUT2D eigenvalue weighted by Crippen LogP contribution is 1.88. The maximum absolute atomic E-state index is 11.2. The van der Waals surface area contributed by atoms with Gasteiger partial charge in [0.25, 0.3) is 6.43 Å². The molecule has 0 aliphatic heterocycles. The van der Waals surface area contributed by atoms with Crippen molar-refractivity contribution in [1.82, 2.24) is 4.72 Å². The van der Waals surface area contributed by atoms with E-state index in [2.05, 4.69) is 0 Å². The summed E-state index contributed by atoms with van der Waals surface area (Å²) in [7, 11) is -3.45. The number of hydrogen-bond acceptors (Lipinski definition) is 2. The summed E-state index contributed by atoms with van der Waals surface area (Å²) in [5.74, 6) is 0. The minimum atomic E-state index is -3.45. The smallest absolute Gasteiger partial charge is 0.213 e. The monoisotopic (exact) mass is 159 g/mol. The lowest BCUT2D eigenvalue weighted by Crippen LogP contribution is -2.27. The van der Waals surface area contributed by atoms with E-state index in [4.69, 9.17) is 0 Å². The predicted octanol–water partition coefficient (Wildman–Crippen LogP) is -0.199. The van der Waals surface area contributed by atoms with Crippen LogP contribution in [-0.2, 0) is 10.0 Å². The van der Waals surface area contributed by atoms with Gasteiger partial charge in [0.15, 0.2) is 0 Å². The Bertz CT molecular complexity index is 165. The van der Waals surface area contributed by atoms with Gasteiger partial charge in [-0.3, -0.25) is 0 Å². The Labute approximate surface area is 52.1 Å². The third kappa shape index (κ3) is 7.77. The highest BCUT2D eigenvalue weighted by atomic mass is 32.2. The summed E-state index contributed by atoms with van der Waals surface area (Å²) in [4.78, 5) is 0. The van der Waals surface area contributed by atoms with Crippen LogP contribution in [0, 0.1) is 0 Å². The van der Waals surface area contributed by atoms with Crippen LogP contribution in [0.25, 0.3) is 0 Å². The first kappa shape index (κ1) is 8.77. The summed E-state index contributed by atoms with van der Waals surface area (Å²) in [6, 6.07) is 0. The molecule has 0 aromatic heterocycles. The Balaban J connectivity index is 3.53. The molecule has 0 fully saturated rings. The van der Waals surface area contributed by atoms with Crippen LogP contribution in [0.1, 0.15) is 0 Å². The molecule has 3 nitrogen and oxygen atoms in total. The topological polar surface area (TPSA) is 46.2 Å². The molecule has 0 unspecified atom stereocenters. The molecule has 0 aliphatic rings. The Hall–Kier alpha value is -0.230. The van der Waals surface area contributed by atoms with Crippen molar-refractivity contribution in [2.45, 2.75) is 6.43 Å². The third-order valence-corrected chi connectivity index (χ3v) is 1.19. The van der Waals surface area contributed by atoms with Crippen molar-refractivity contribution in [3.63, 3.8) is 0 Å². The minimum absolute atomic E-state index is 0.807. The first-order chi connectivity index (χ1) is 3.92. The first-order valence-electron chi connectivity index (χ1n) is 2.14. The lowest BCUT2D eigenvalue weighted by Gasteiger charge is -1.98. The van der Waals surface area contributed by atoms with E-state index in [1.807, 2.05) is 0 Å². The molecule has 0 aromatic carbocycles. The van der Waals surface area contributed by atoms with Crippen molar-refractivity contribution in [1.29, 1.82) is 0 Å². The van der Waals surface area contributed by atoms with Gasteiger partial charge in [0.05, 0.1) is 12.8 Å². The van der Waals surface area contributed by atoms with Gasteiger partial charge in [0.2, 0.25) is 10.0 Å². The molecule has 0 spiro atoms. The van der Waals surface area contributed by atoms with Crippen LogP contribution in [-0.4, -0.2) is 27.6 Å². The van der Waals surface area contributed by atoms with Crippen LogP contribution in [0.2, 0.25) is 0 Å². The van der Waals surface area contributed by atoms with E-state index in [0.29, 0.717) is 0 Å². The fourth-order valence-electron chi connectivity index (χ4n) is 0.214. The molecule has 56 valence electrons. The fraction of sp³-hybridized carbons (Fsp3) is 1.00. The first-order valence-corrected chi connectivity index (χ1v) is 4.04. The summed E-state index contributed by atoms with van der Waals surface area (Å²) >= 11 is 0. The van der Waals surface area contributed by atoms with Gasteiger partial charge in [-0.2, -0.15) is 0 Å². The number of hydrogen-bond donors (Lipinski definition) is 1. The van der Waals surface area contributed by atoms with E-state index >= 15 is 0 Å². The van der Waals surface area contributed by atoms with Crippen LogP contribution in [0.3, 0.4) is 0 Å². The second kappa shape index (κ2) is 3.07. The molecule has 0 atom stereocenters. The Morgan fingerprint density at radius 2 is 2.00 bits per heavy atom. The fourth-order valence-corrected chi connectivity index (χ4v) is 0.643. The highest BCUT2D eigenvalue weighted by Gasteiger charge is 2.05. The van der Waals surface area contributed by atoms with Crippen molar-refractivity contribution in [2.75, 3.05) is 12.8 Å². The van der Waals surface area contributed by atoms with Crippen molar-refractivity contribution in [2.24, 2.45) is 0 Å². The summed E-state index contributed by atoms with van der Waals surface area (Å²) in [5, 5.41) is 0. The molecular weight excluding hydrogens is 152 g/mol. The van der Waals surface area contributed by atoms with Crippen molar-refractivity contribution >= 4 is 10.0 Å². The van der Waals surface area contributed by atoms with E-state index in [1.165, 1.54) is 0 Å². The molecule has 0 amide bonds. The number of sulfonamides is 1. The number of rotatable bonds is 3. The molecular formula is C3H7F2NO2S. The van der Waals surface area contributed by atoms with Crippen LogP contribution in [0.15, 0.2) is 0 Å². The predicted molar refractivity (Wildman–Crippen MR) is 28.9 cm³/mol. The largest absolute Gasteiger partial charge is 0.251 e. The zero-order valence-electron chi connectivity index (χ0n) is 4.77. The molecule has 0 heterocycles. The van der Waals surface area contributed by atoms with Crippen molar-refractivity contribution < 1.29 is 17.2 Å². The third-order valence-electron chi connectivity index (χ3n) is 0.500. The number of halogens is 2. The zero-order chi connectivity index (χ0) is 7.49. The van der Waals surface area contributed by atoms with Crippen molar-refractivity contribution in [3.8, 4) is 0 Å². The van der Waals surface area contributed by atoms with Gasteiger partial charge in [0.1, 0.15) is 0 Å².